The molecule has 0 bridgehead atoms. The van der Waals surface area contributed by atoms with Gasteiger partial charge in [-0.05, 0) is 36.4 Å². The molecule has 3 N–H and O–H groups in total. The van der Waals surface area contributed by atoms with Crippen LogP contribution in [0.15, 0.2) is 48.5 Å². The molecular weight excluding hydrogens is 350 g/mol. The lowest BCUT2D eigenvalue weighted by Gasteiger charge is -2.14. The van der Waals surface area contributed by atoms with Crippen LogP contribution in [-0.2, 0) is 14.3 Å². The minimum absolute atomic E-state index is 0.232. The summed E-state index contributed by atoms with van der Waals surface area (Å²) in [6, 6.07) is 11.7. The van der Waals surface area contributed by atoms with Crippen molar-refractivity contribution in [3.63, 3.8) is 0 Å². The highest BCUT2D eigenvalue weighted by molar-refractivity contribution is 6.11. The fourth-order valence-corrected chi connectivity index (χ4v) is 2.66. The molecule has 3 rings (SSSR count). The predicted molar refractivity (Wildman–Crippen MR) is 97.4 cm³/mol. The second kappa shape index (κ2) is 7.69. The number of methoxy groups -OCH3 is 1. The van der Waals surface area contributed by atoms with Crippen LogP contribution in [0.2, 0.25) is 0 Å². The average Bonchev–Trinajstić information content (AvgIpc) is 2.78. The SMILES string of the molecule is COC(=O)c1ccc(NC(=O)CC2NC(=O)c3ccccc3NC2=O)cc1. The smallest absolute Gasteiger partial charge is 0.337 e. The van der Waals surface area contributed by atoms with E-state index in [-0.39, 0.29) is 6.42 Å². The van der Waals surface area contributed by atoms with Gasteiger partial charge in [0, 0.05) is 5.69 Å². The third-order valence-corrected chi connectivity index (χ3v) is 4.03. The average molecular weight is 367 g/mol. The van der Waals surface area contributed by atoms with Crippen LogP contribution >= 0.6 is 0 Å². The molecule has 1 aliphatic rings. The van der Waals surface area contributed by atoms with Gasteiger partial charge in [0.25, 0.3) is 5.91 Å². The van der Waals surface area contributed by atoms with Gasteiger partial charge in [-0.15, -0.1) is 0 Å². The zero-order valence-corrected chi connectivity index (χ0v) is 14.4. The highest BCUT2D eigenvalue weighted by Crippen LogP contribution is 2.19. The van der Waals surface area contributed by atoms with Crippen molar-refractivity contribution in [3.8, 4) is 0 Å². The number of hydrogen-bond donors (Lipinski definition) is 3. The Balaban J connectivity index is 1.65. The first-order valence-corrected chi connectivity index (χ1v) is 8.17. The van der Waals surface area contributed by atoms with Crippen molar-refractivity contribution < 1.29 is 23.9 Å². The maximum atomic E-state index is 12.3. The topological polar surface area (TPSA) is 114 Å². The molecule has 0 aliphatic carbocycles. The number of carbonyl (C=O) groups is 4. The van der Waals surface area contributed by atoms with Crippen LogP contribution in [0, 0.1) is 0 Å². The number of fused-ring (bicyclic) bond motifs is 1. The number of ether oxygens (including phenoxy) is 1. The van der Waals surface area contributed by atoms with E-state index < -0.39 is 29.7 Å². The van der Waals surface area contributed by atoms with Crippen LogP contribution in [0.5, 0.6) is 0 Å². The van der Waals surface area contributed by atoms with E-state index >= 15 is 0 Å². The van der Waals surface area contributed by atoms with Crippen molar-refractivity contribution in [2.24, 2.45) is 0 Å². The number of esters is 1. The second-order valence-electron chi connectivity index (χ2n) is 5.88. The number of amides is 3. The number of nitrogens with one attached hydrogen (secondary N) is 3. The summed E-state index contributed by atoms with van der Waals surface area (Å²) >= 11 is 0. The molecule has 8 heteroatoms. The van der Waals surface area contributed by atoms with Gasteiger partial charge in [-0.2, -0.15) is 0 Å². The molecule has 27 heavy (non-hydrogen) atoms. The first kappa shape index (κ1) is 18.1. The molecular formula is C19H17N3O5. The fraction of sp³-hybridized carbons (Fsp3) is 0.158. The number of hydrogen-bond acceptors (Lipinski definition) is 5. The van der Waals surface area contributed by atoms with Gasteiger partial charge in [0.15, 0.2) is 0 Å². The normalized spacial score (nSPS) is 15.7. The molecule has 2 aromatic carbocycles. The van der Waals surface area contributed by atoms with E-state index in [1.54, 1.807) is 36.4 Å². The summed E-state index contributed by atoms with van der Waals surface area (Å²) in [6.45, 7) is 0. The zero-order valence-electron chi connectivity index (χ0n) is 14.4. The van der Waals surface area contributed by atoms with E-state index in [0.717, 1.165) is 0 Å². The molecule has 0 aromatic heterocycles. The molecule has 3 amide bonds. The van der Waals surface area contributed by atoms with E-state index in [1.165, 1.54) is 19.2 Å². The Morgan fingerprint density at radius 3 is 2.48 bits per heavy atom. The maximum Gasteiger partial charge on any atom is 0.337 e. The van der Waals surface area contributed by atoms with Crippen molar-refractivity contribution in [2.45, 2.75) is 12.5 Å². The van der Waals surface area contributed by atoms with Crippen LogP contribution in [0.4, 0.5) is 11.4 Å². The number of benzene rings is 2. The van der Waals surface area contributed by atoms with Gasteiger partial charge in [-0.25, -0.2) is 4.79 Å². The lowest BCUT2D eigenvalue weighted by Crippen LogP contribution is -2.43. The summed E-state index contributed by atoms with van der Waals surface area (Å²) in [4.78, 5) is 48.2. The Bertz CT molecular complexity index is 908. The first-order chi connectivity index (χ1) is 13.0. The van der Waals surface area contributed by atoms with Gasteiger partial charge < -0.3 is 20.7 Å². The second-order valence-corrected chi connectivity index (χ2v) is 5.88. The minimum Gasteiger partial charge on any atom is -0.465 e. The Kier molecular flexibility index (Phi) is 5.16. The third kappa shape index (κ3) is 4.12. The molecule has 1 aliphatic heterocycles. The molecule has 1 atom stereocenters. The number of rotatable bonds is 4. The van der Waals surface area contributed by atoms with Crippen molar-refractivity contribution in [2.75, 3.05) is 17.7 Å². The van der Waals surface area contributed by atoms with Crippen molar-refractivity contribution in [1.82, 2.24) is 5.32 Å². The monoisotopic (exact) mass is 367 g/mol. The molecule has 0 saturated carbocycles. The molecule has 1 unspecified atom stereocenters. The molecule has 0 spiro atoms. The minimum atomic E-state index is -1.00. The Hall–Kier alpha value is -3.68. The van der Waals surface area contributed by atoms with Gasteiger partial charge in [0.05, 0.1) is 30.3 Å². The number of anilines is 2. The molecule has 0 radical (unpaired) electrons. The van der Waals surface area contributed by atoms with Gasteiger partial charge in [-0.3, -0.25) is 14.4 Å². The lowest BCUT2D eigenvalue weighted by atomic mass is 10.1. The summed E-state index contributed by atoms with van der Waals surface area (Å²) < 4.78 is 4.61. The largest absolute Gasteiger partial charge is 0.465 e. The highest BCUT2D eigenvalue weighted by Gasteiger charge is 2.29. The van der Waals surface area contributed by atoms with Crippen molar-refractivity contribution in [1.29, 1.82) is 0 Å². The number of carbonyl (C=O) groups excluding carboxylic acids is 4. The van der Waals surface area contributed by atoms with Gasteiger partial charge in [-0.1, -0.05) is 12.1 Å². The van der Waals surface area contributed by atoms with E-state index in [0.29, 0.717) is 22.5 Å². The molecule has 8 nitrogen and oxygen atoms in total. The van der Waals surface area contributed by atoms with E-state index in [1.807, 2.05) is 0 Å². The summed E-state index contributed by atoms with van der Waals surface area (Å²) in [5.41, 5.74) is 1.55. The fourth-order valence-electron chi connectivity index (χ4n) is 2.66. The Labute approximate surface area is 154 Å². The summed E-state index contributed by atoms with van der Waals surface area (Å²) in [5, 5.41) is 7.83. The standard InChI is InChI=1S/C19H17N3O5/c1-27-19(26)11-6-8-12(9-7-11)20-16(23)10-15-18(25)21-14-5-3-2-4-13(14)17(24)22-15/h2-9,15H,10H2,1H3,(H,20,23)(H,21,25)(H,22,24). The van der Waals surface area contributed by atoms with Crippen LogP contribution in [-0.4, -0.2) is 36.8 Å². The summed E-state index contributed by atoms with van der Waals surface area (Å²) in [5.74, 6) is -1.83. The van der Waals surface area contributed by atoms with Crippen LogP contribution in [0.3, 0.4) is 0 Å². The van der Waals surface area contributed by atoms with E-state index in [4.69, 9.17) is 0 Å². The molecule has 138 valence electrons. The van der Waals surface area contributed by atoms with E-state index in [9.17, 15) is 19.2 Å². The first-order valence-electron chi connectivity index (χ1n) is 8.17. The van der Waals surface area contributed by atoms with Crippen molar-refractivity contribution in [3.05, 3.63) is 59.7 Å². The zero-order chi connectivity index (χ0) is 19.4. The third-order valence-electron chi connectivity index (χ3n) is 4.03. The Morgan fingerprint density at radius 1 is 1.07 bits per heavy atom. The van der Waals surface area contributed by atoms with Crippen molar-refractivity contribution >= 4 is 35.1 Å². The Morgan fingerprint density at radius 2 is 1.78 bits per heavy atom. The highest BCUT2D eigenvalue weighted by atomic mass is 16.5. The van der Waals surface area contributed by atoms with Crippen LogP contribution < -0.4 is 16.0 Å². The summed E-state index contributed by atoms with van der Waals surface area (Å²) in [7, 11) is 1.28. The molecule has 0 saturated heterocycles. The van der Waals surface area contributed by atoms with Gasteiger partial charge >= 0.3 is 5.97 Å². The van der Waals surface area contributed by atoms with Gasteiger partial charge in [0.1, 0.15) is 6.04 Å². The maximum absolute atomic E-state index is 12.3. The van der Waals surface area contributed by atoms with Crippen LogP contribution in [0.25, 0.3) is 0 Å². The van der Waals surface area contributed by atoms with Crippen LogP contribution in [0.1, 0.15) is 27.1 Å². The quantitative estimate of drug-likeness (QED) is 0.710. The lowest BCUT2D eigenvalue weighted by molar-refractivity contribution is -0.122. The molecule has 0 fully saturated rings. The number of para-hydroxylation sites is 1. The molecule has 1 heterocycles. The summed E-state index contributed by atoms with van der Waals surface area (Å²) in [6.07, 6.45) is -0.232. The predicted octanol–water partition coefficient (Wildman–Crippen LogP) is 1.55. The van der Waals surface area contributed by atoms with E-state index in [2.05, 4.69) is 20.7 Å². The molecule has 2 aromatic rings. The van der Waals surface area contributed by atoms with Gasteiger partial charge in [0.2, 0.25) is 11.8 Å².